The van der Waals surface area contributed by atoms with Crippen molar-refractivity contribution in [2.45, 2.75) is 13.2 Å². The number of hydrogen-bond donors (Lipinski definition) is 1. The fourth-order valence-electron chi connectivity index (χ4n) is 1.79. The normalized spacial score (nSPS) is 10.6. The van der Waals surface area contributed by atoms with Gasteiger partial charge in [0.05, 0.1) is 0 Å². The lowest BCUT2D eigenvalue weighted by Crippen LogP contribution is -2.07. The zero-order valence-electron chi connectivity index (χ0n) is 10.9. The summed E-state index contributed by atoms with van der Waals surface area (Å²) in [7, 11) is 1.72. The average Bonchev–Trinajstić information content (AvgIpc) is 2.40. The van der Waals surface area contributed by atoms with Crippen molar-refractivity contribution < 1.29 is 13.5 Å². The molecule has 0 aliphatic rings. The van der Waals surface area contributed by atoms with Crippen molar-refractivity contribution in [1.82, 2.24) is 5.32 Å². The van der Waals surface area contributed by atoms with Crippen molar-refractivity contribution in [2.75, 3.05) is 7.05 Å². The first-order valence-electron chi connectivity index (χ1n) is 6.10. The maximum absolute atomic E-state index is 13.8. The molecule has 106 valence electrons. The Morgan fingerprint density at radius 1 is 1.05 bits per heavy atom. The first kappa shape index (κ1) is 15.2. The number of ether oxygens (including phenoxy) is 1. The molecule has 2 aromatic carbocycles. The first-order chi connectivity index (χ1) is 9.60. The maximum atomic E-state index is 13.8. The highest BCUT2D eigenvalue weighted by Crippen LogP contribution is 2.24. The van der Waals surface area contributed by atoms with Gasteiger partial charge in [0, 0.05) is 10.1 Å². The summed E-state index contributed by atoms with van der Waals surface area (Å²) in [6, 6.07) is 10.1. The summed E-state index contributed by atoms with van der Waals surface area (Å²) in [6.45, 7) is 0.543. The Kier molecular flexibility index (Phi) is 5.31. The summed E-state index contributed by atoms with van der Waals surface area (Å²) < 4.78 is 34.0. The van der Waals surface area contributed by atoms with E-state index in [0.29, 0.717) is 12.1 Å². The molecule has 2 rings (SSSR count). The van der Waals surface area contributed by atoms with Crippen LogP contribution in [0.25, 0.3) is 0 Å². The van der Waals surface area contributed by atoms with Crippen molar-refractivity contribution in [1.29, 1.82) is 0 Å². The van der Waals surface area contributed by atoms with Gasteiger partial charge in [0.1, 0.15) is 6.61 Å². The molecular formula is C15H14F2INO. The molecule has 0 atom stereocenters. The van der Waals surface area contributed by atoms with E-state index in [1.807, 2.05) is 24.3 Å². The Morgan fingerprint density at radius 2 is 1.65 bits per heavy atom. The van der Waals surface area contributed by atoms with Crippen molar-refractivity contribution in [2.24, 2.45) is 0 Å². The molecule has 0 spiro atoms. The number of nitrogens with one attached hydrogen (secondary N) is 1. The second-order valence-electron chi connectivity index (χ2n) is 4.33. The van der Waals surface area contributed by atoms with Gasteiger partial charge >= 0.3 is 0 Å². The Hall–Kier alpha value is -1.21. The third kappa shape index (κ3) is 3.89. The molecule has 0 radical (unpaired) electrons. The van der Waals surface area contributed by atoms with Crippen LogP contribution in [0.15, 0.2) is 36.4 Å². The van der Waals surface area contributed by atoms with Crippen LogP contribution in [-0.4, -0.2) is 7.05 Å². The van der Waals surface area contributed by atoms with E-state index in [1.54, 1.807) is 7.05 Å². The molecule has 0 saturated heterocycles. The number of halogens is 3. The molecule has 0 fully saturated rings. The minimum Gasteiger partial charge on any atom is -0.483 e. The average molecular weight is 389 g/mol. The smallest absolute Gasteiger partial charge is 0.191 e. The molecule has 5 heteroatoms. The van der Waals surface area contributed by atoms with Crippen LogP contribution in [0, 0.1) is 15.2 Å². The summed E-state index contributed by atoms with van der Waals surface area (Å²) in [5, 5.41) is 2.85. The number of hydrogen-bond acceptors (Lipinski definition) is 2. The Labute approximate surface area is 130 Å². The second kappa shape index (κ2) is 6.99. The van der Waals surface area contributed by atoms with Crippen LogP contribution < -0.4 is 10.1 Å². The summed E-state index contributed by atoms with van der Waals surface area (Å²) in [6.07, 6.45) is 0. The van der Waals surface area contributed by atoms with Gasteiger partial charge in [0.2, 0.25) is 0 Å². The fourth-order valence-corrected chi connectivity index (χ4v) is 2.15. The van der Waals surface area contributed by atoms with Crippen LogP contribution in [0.5, 0.6) is 5.75 Å². The van der Waals surface area contributed by atoms with Gasteiger partial charge in [-0.15, -0.1) is 0 Å². The van der Waals surface area contributed by atoms with Gasteiger partial charge in [-0.05, 0) is 65.0 Å². The lowest BCUT2D eigenvalue weighted by atomic mass is 10.2. The Balaban J connectivity index is 2.11. The molecule has 0 aliphatic carbocycles. The zero-order valence-corrected chi connectivity index (χ0v) is 13.1. The van der Waals surface area contributed by atoms with Gasteiger partial charge in [0.25, 0.3) is 0 Å². The minimum absolute atomic E-state index is 0.135. The van der Waals surface area contributed by atoms with Gasteiger partial charge in [0.15, 0.2) is 17.4 Å². The summed E-state index contributed by atoms with van der Waals surface area (Å²) >= 11 is 2.19. The van der Waals surface area contributed by atoms with Crippen LogP contribution >= 0.6 is 22.6 Å². The largest absolute Gasteiger partial charge is 0.483 e. The maximum Gasteiger partial charge on any atom is 0.191 e. The van der Waals surface area contributed by atoms with E-state index >= 15 is 0 Å². The molecule has 0 bridgehead atoms. The molecule has 0 amide bonds. The fraction of sp³-hybridized carbons (Fsp3) is 0.200. The van der Waals surface area contributed by atoms with Crippen molar-refractivity contribution in [3.8, 4) is 5.75 Å². The monoisotopic (exact) mass is 389 g/mol. The van der Waals surface area contributed by atoms with Gasteiger partial charge in [-0.2, -0.15) is 0 Å². The van der Waals surface area contributed by atoms with Crippen molar-refractivity contribution >= 4 is 22.6 Å². The van der Waals surface area contributed by atoms with E-state index in [2.05, 4.69) is 27.9 Å². The SMILES string of the molecule is CNCc1cc(F)c(OCc2ccc(I)cc2)c(F)c1. The third-order valence-electron chi connectivity index (χ3n) is 2.74. The molecular weight excluding hydrogens is 375 g/mol. The Morgan fingerprint density at radius 3 is 2.20 bits per heavy atom. The van der Waals surface area contributed by atoms with E-state index < -0.39 is 11.6 Å². The van der Waals surface area contributed by atoms with E-state index in [9.17, 15) is 8.78 Å². The molecule has 0 aliphatic heterocycles. The van der Waals surface area contributed by atoms with Gasteiger partial charge in [-0.25, -0.2) is 8.78 Å². The van der Waals surface area contributed by atoms with Crippen molar-refractivity contribution in [3.63, 3.8) is 0 Å². The molecule has 1 N–H and O–H groups in total. The van der Waals surface area contributed by atoms with Gasteiger partial charge in [-0.3, -0.25) is 0 Å². The van der Waals surface area contributed by atoms with Gasteiger partial charge < -0.3 is 10.1 Å². The Bertz CT molecular complexity index is 564. The molecule has 2 aromatic rings. The van der Waals surface area contributed by atoms with Crippen LogP contribution in [0.4, 0.5) is 8.78 Å². The molecule has 2 nitrogen and oxygen atoms in total. The van der Waals surface area contributed by atoms with E-state index in [1.165, 1.54) is 12.1 Å². The number of rotatable bonds is 5. The molecule has 0 saturated carbocycles. The van der Waals surface area contributed by atoms with Crippen LogP contribution in [0.2, 0.25) is 0 Å². The highest BCUT2D eigenvalue weighted by Gasteiger charge is 2.12. The van der Waals surface area contributed by atoms with Crippen LogP contribution in [0.3, 0.4) is 0 Å². The summed E-state index contributed by atoms with van der Waals surface area (Å²) in [5.74, 6) is -1.69. The topological polar surface area (TPSA) is 21.3 Å². The standard InChI is InChI=1S/C15H14F2INO/c1-19-8-11-6-13(16)15(14(17)7-11)20-9-10-2-4-12(18)5-3-10/h2-7,19H,8-9H2,1H3. The van der Waals surface area contributed by atoms with E-state index in [0.717, 1.165) is 9.13 Å². The lowest BCUT2D eigenvalue weighted by molar-refractivity contribution is 0.273. The molecule has 0 aromatic heterocycles. The highest BCUT2D eigenvalue weighted by molar-refractivity contribution is 14.1. The molecule has 20 heavy (non-hydrogen) atoms. The van der Waals surface area contributed by atoms with E-state index in [4.69, 9.17) is 4.74 Å². The zero-order chi connectivity index (χ0) is 14.5. The van der Waals surface area contributed by atoms with E-state index in [-0.39, 0.29) is 12.4 Å². The highest BCUT2D eigenvalue weighted by atomic mass is 127. The van der Waals surface area contributed by atoms with Crippen molar-refractivity contribution in [3.05, 3.63) is 62.7 Å². The predicted octanol–water partition coefficient (Wildman–Crippen LogP) is 3.87. The molecule has 0 heterocycles. The minimum atomic E-state index is -0.680. The van der Waals surface area contributed by atoms with Gasteiger partial charge in [-0.1, -0.05) is 12.1 Å². The first-order valence-corrected chi connectivity index (χ1v) is 7.18. The lowest BCUT2D eigenvalue weighted by Gasteiger charge is -2.10. The van der Waals surface area contributed by atoms with Crippen LogP contribution in [0.1, 0.15) is 11.1 Å². The predicted molar refractivity (Wildman–Crippen MR) is 82.6 cm³/mol. The third-order valence-corrected chi connectivity index (χ3v) is 3.45. The summed E-state index contributed by atoms with van der Waals surface area (Å²) in [4.78, 5) is 0. The van der Waals surface area contributed by atoms with Crippen LogP contribution in [-0.2, 0) is 13.2 Å². The number of benzene rings is 2. The quantitative estimate of drug-likeness (QED) is 0.785. The summed E-state index contributed by atoms with van der Waals surface area (Å²) in [5.41, 5.74) is 1.41. The second-order valence-corrected chi connectivity index (χ2v) is 5.58. The molecule has 0 unspecified atom stereocenters.